The van der Waals surface area contributed by atoms with E-state index in [1.54, 1.807) is 0 Å². The molecule has 0 saturated carbocycles. The van der Waals surface area contributed by atoms with Crippen LogP contribution in [0, 0.1) is 19.8 Å². The van der Waals surface area contributed by atoms with Gasteiger partial charge >= 0.3 is 0 Å². The molecule has 3 aromatic rings. The summed E-state index contributed by atoms with van der Waals surface area (Å²) in [6.07, 6.45) is 3.77. The van der Waals surface area contributed by atoms with E-state index >= 15 is 0 Å². The Balaban J connectivity index is 1.56. The van der Waals surface area contributed by atoms with E-state index < -0.39 is 0 Å². The summed E-state index contributed by atoms with van der Waals surface area (Å²) in [5.74, 6) is 0.370. The van der Waals surface area contributed by atoms with E-state index in [0.717, 1.165) is 41.5 Å². The SMILES string of the molecule is Cc1cccc(C)c1NC(=O)Cn1cnc2nc(N3CCCC(C)C3)sc2c1=O. The van der Waals surface area contributed by atoms with Gasteiger partial charge in [0, 0.05) is 18.8 Å². The molecule has 7 nitrogen and oxygen atoms in total. The first-order valence-electron chi connectivity index (χ1n) is 9.89. The molecule has 0 aliphatic carbocycles. The molecule has 8 heteroatoms. The smallest absolute Gasteiger partial charge is 0.273 e. The van der Waals surface area contributed by atoms with Gasteiger partial charge in [-0.15, -0.1) is 0 Å². The molecule has 2 aromatic heterocycles. The zero-order valence-electron chi connectivity index (χ0n) is 16.9. The van der Waals surface area contributed by atoms with Gasteiger partial charge in [0.1, 0.15) is 17.6 Å². The second-order valence-corrected chi connectivity index (χ2v) is 8.81. The van der Waals surface area contributed by atoms with E-state index in [2.05, 4.69) is 27.1 Å². The monoisotopic (exact) mass is 411 g/mol. The second-order valence-electron chi connectivity index (χ2n) is 7.84. The summed E-state index contributed by atoms with van der Waals surface area (Å²) in [5, 5.41) is 3.76. The van der Waals surface area contributed by atoms with Crippen molar-refractivity contribution in [2.24, 2.45) is 5.92 Å². The normalized spacial score (nSPS) is 16.9. The highest BCUT2D eigenvalue weighted by Crippen LogP contribution is 2.29. The summed E-state index contributed by atoms with van der Waals surface area (Å²) < 4.78 is 1.85. The van der Waals surface area contributed by atoms with Crippen molar-refractivity contribution in [3.05, 3.63) is 46.0 Å². The van der Waals surface area contributed by atoms with Gasteiger partial charge in [-0.2, -0.15) is 4.98 Å². The van der Waals surface area contributed by atoms with Gasteiger partial charge in [0.15, 0.2) is 10.8 Å². The Labute approximate surface area is 173 Å². The number of nitrogens with zero attached hydrogens (tertiary/aromatic N) is 4. The van der Waals surface area contributed by atoms with Crippen LogP contribution in [0.3, 0.4) is 0 Å². The van der Waals surface area contributed by atoms with E-state index in [0.29, 0.717) is 16.3 Å². The fourth-order valence-electron chi connectivity index (χ4n) is 3.79. The van der Waals surface area contributed by atoms with Crippen LogP contribution in [-0.4, -0.2) is 33.5 Å². The molecule has 0 spiro atoms. The lowest BCUT2D eigenvalue weighted by atomic mass is 10.0. The minimum atomic E-state index is -0.250. The number of carbonyl (C=O) groups is 1. The predicted molar refractivity (Wildman–Crippen MR) is 117 cm³/mol. The molecule has 1 amide bonds. The van der Waals surface area contributed by atoms with Crippen LogP contribution in [-0.2, 0) is 11.3 Å². The molecular weight excluding hydrogens is 386 g/mol. The summed E-state index contributed by atoms with van der Waals surface area (Å²) in [7, 11) is 0. The first kappa shape index (κ1) is 19.6. The molecule has 1 saturated heterocycles. The average Bonchev–Trinajstić information content (AvgIpc) is 3.12. The number of aryl methyl sites for hydroxylation is 2. The number of hydrogen-bond acceptors (Lipinski definition) is 6. The molecular formula is C21H25N5O2S. The molecule has 152 valence electrons. The number of piperidine rings is 1. The zero-order chi connectivity index (χ0) is 20.5. The molecule has 0 bridgehead atoms. The minimum absolute atomic E-state index is 0.0798. The first-order chi connectivity index (χ1) is 13.9. The van der Waals surface area contributed by atoms with Gasteiger partial charge in [0.25, 0.3) is 5.56 Å². The average molecular weight is 412 g/mol. The minimum Gasteiger partial charge on any atom is -0.348 e. The summed E-state index contributed by atoms with van der Waals surface area (Å²) in [6.45, 7) is 7.96. The molecule has 1 fully saturated rings. The number of carbonyl (C=O) groups excluding carboxylic acids is 1. The maximum absolute atomic E-state index is 12.9. The number of hydrogen-bond donors (Lipinski definition) is 1. The van der Waals surface area contributed by atoms with E-state index in [1.807, 2.05) is 32.0 Å². The molecule has 1 aliphatic rings. The van der Waals surface area contributed by atoms with E-state index in [-0.39, 0.29) is 18.0 Å². The van der Waals surface area contributed by atoms with Crippen molar-refractivity contribution in [2.45, 2.75) is 40.2 Å². The van der Waals surface area contributed by atoms with Crippen LogP contribution in [0.5, 0.6) is 0 Å². The second kappa shape index (κ2) is 7.94. The largest absolute Gasteiger partial charge is 0.348 e. The Kier molecular flexibility index (Phi) is 5.36. The van der Waals surface area contributed by atoms with Crippen LogP contribution in [0.2, 0.25) is 0 Å². The van der Waals surface area contributed by atoms with Crippen LogP contribution < -0.4 is 15.8 Å². The third kappa shape index (κ3) is 4.03. The third-order valence-electron chi connectivity index (χ3n) is 5.36. The van der Waals surface area contributed by atoms with Crippen molar-refractivity contribution < 1.29 is 4.79 Å². The highest BCUT2D eigenvalue weighted by atomic mass is 32.1. The van der Waals surface area contributed by atoms with Crippen LogP contribution in [0.15, 0.2) is 29.3 Å². The number of thiazole rings is 1. The van der Waals surface area contributed by atoms with Crippen LogP contribution in [0.4, 0.5) is 10.8 Å². The lowest BCUT2D eigenvalue weighted by Crippen LogP contribution is -2.34. The quantitative estimate of drug-likeness (QED) is 0.712. The fourth-order valence-corrected chi connectivity index (χ4v) is 4.80. The number of aromatic nitrogens is 3. The Bertz CT molecular complexity index is 1100. The number of rotatable bonds is 4. The van der Waals surface area contributed by atoms with Crippen molar-refractivity contribution in [3.8, 4) is 0 Å². The molecule has 1 atom stereocenters. The van der Waals surface area contributed by atoms with Gasteiger partial charge in [-0.3, -0.25) is 14.2 Å². The predicted octanol–water partition coefficient (Wildman–Crippen LogP) is 3.34. The molecule has 3 heterocycles. The molecule has 29 heavy (non-hydrogen) atoms. The molecule has 4 rings (SSSR count). The number of fused-ring (bicyclic) bond motifs is 1. The lowest BCUT2D eigenvalue weighted by molar-refractivity contribution is -0.116. The highest BCUT2D eigenvalue weighted by Gasteiger charge is 2.21. The van der Waals surface area contributed by atoms with Gasteiger partial charge < -0.3 is 10.2 Å². The number of para-hydroxylation sites is 1. The van der Waals surface area contributed by atoms with Crippen LogP contribution in [0.1, 0.15) is 30.9 Å². The number of anilines is 2. The number of amides is 1. The van der Waals surface area contributed by atoms with Gasteiger partial charge in [-0.05, 0) is 43.7 Å². The molecule has 1 unspecified atom stereocenters. The third-order valence-corrected chi connectivity index (χ3v) is 6.45. The molecule has 1 N–H and O–H groups in total. The maximum atomic E-state index is 12.9. The van der Waals surface area contributed by atoms with Crippen molar-refractivity contribution in [2.75, 3.05) is 23.3 Å². The van der Waals surface area contributed by atoms with Crippen molar-refractivity contribution >= 4 is 38.4 Å². The van der Waals surface area contributed by atoms with Gasteiger partial charge in [0.05, 0.1) is 0 Å². The van der Waals surface area contributed by atoms with Crippen molar-refractivity contribution in [3.63, 3.8) is 0 Å². The fraction of sp³-hybridized carbons (Fsp3) is 0.429. The summed E-state index contributed by atoms with van der Waals surface area (Å²) >= 11 is 1.37. The highest BCUT2D eigenvalue weighted by molar-refractivity contribution is 7.22. The Hall–Kier alpha value is -2.74. The van der Waals surface area contributed by atoms with Gasteiger partial charge in [-0.25, -0.2) is 4.98 Å². The standard InChI is InChI=1S/C21H25N5O2S/c1-13-6-5-9-25(10-13)21-24-19-18(29-21)20(28)26(12-22-19)11-16(27)23-17-14(2)7-4-8-15(17)3/h4,7-8,12-13H,5-6,9-11H2,1-3H3,(H,23,27). The Morgan fingerprint density at radius 2 is 2.07 bits per heavy atom. The van der Waals surface area contributed by atoms with E-state index in [4.69, 9.17) is 0 Å². The summed E-state index contributed by atoms with van der Waals surface area (Å²) in [5.41, 5.74) is 3.00. The Morgan fingerprint density at radius 1 is 1.31 bits per heavy atom. The first-order valence-corrected chi connectivity index (χ1v) is 10.7. The van der Waals surface area contributed by atoms with Crippen LogP contribution >= 0.6 is 11.3 Å². The van der Waals surface area contributed by atoms with Gasteiger partial charge in [0.2, 0.25) is 5.91 Å². The summed E-state index contributed by atoms with van der Waals surface area (Å²) in [4.78, 5) is 36.6. The topological polar surface area (TPSA) is 80.1 Å². The van der Waals surface area contributed by atoms with Crippen molar-refractivity contribution in [1.82, 2.24) is 14.5 Å². The number of benzene rings is 1. The summed E-state index contributed by atoms with van der Waals surface area (Å²) in [6, 6.07) is 5.85. The zero-order valence-corrected chi connectivity index (χ0v) is 17.8. The molecule has 0 radical (unpaired) electrons. The van der Waals surface area contributed by atoms with Gasteiger partial charge in [-0.1, -0.05) is 36.5 Å². The van der Waals surface area contributed by atoms with E-state index in [9.17, 15) is 9.59 Å². The van der Waals surface area contributed by atoms with E-state index in [1.165, 1.54) is 28.7 Å². The number of nitrogens with one attached hydrogen (secondary N) is 1. The Morgan fingerprint density at radius 3 is 2.79 bits per heavy atom. The van der Waals surface area contributed by atoms with Crippen molar-refractivity contribution in [1.29, 1.82) is 0 Å². The van der Waals surface area contributed by atoms with Crippen LogP contribution in [0.25, 0.3) is 10.3 Å². The maximum Gasteiger partial charge on any atom is 0.273 e. The molecule has 1 aliphatic heterocycles. The molecule has 1 aromatic carbocycles. The lowest BCUT2D eigenvalue weighted by Gasteiger charge is -2.30.